The van der Waals surface area contributed by atoms with Crippen molar-refractivity contribution in [3.05, 3.63) is 51.7 Å². The van der Waals surface area contributed by atoms with E-state index >= 15 is 0 Å². The lowest BCUT2D eigenvalue weighted by molar-refractivity contribution is -0.387. The zero-order valence-electron chi connectivity index (χ0n) is 12.7. The number of halogens is 2. The van der Waals surface area contributed by atoms with Crippen molar-refractivity contribution < 1.29 is 14.1 Å². The van der Waals surface area contributed by atoms with Gasteiger partial charge in [-0.2, -0.15) is 9.49 Å². The summed E-state index contributed by atoms with van der Waals surface area (Å²) < 4.78 is 18.7. The van der Waals surface area contributed by atoms with Crippen molar-refractivity contribution in [2.45, 2.75) is 0 Å². The summed E-state index contributed by atoms with van der Waals surface area (Å²) >= 11 is 6.08. The van der Waals surface area contributed by atoms with Crippen LogP contribution in [-0.2, 0) is 0 Å². The number of methoxy groups -OCH3 is 1. The summed E-state index contributed by atoms with van der Waals surface area (Å²) in [5, 5.41) is 20.4. The van der Waals surface area contributed by atoms with Crippen molar-refractivity contribution in [1.29, 1.82) is 0 Å². The number of aromatic nitrogens is 4. The average Bonchev–Trinajstić information content (AvgIpc) is 3.11. The van der Waals surface area contributed by atoms with Gasteiger partial charge < -0.3 is 10.1 Å². The number of hydrogen-bond donors (Lipinski definition) is 2. The molecule has 0 unspecified atom stereocenters. The Morgan fingerprint density at radius 1 is 1.40 bits per heavy atom. The van der Waals surface area contributed by atoms with Crippen molar-refractivity contribution in [1.82, 2.24) is 20.2 Å². The molecule has 0 spiro atoms. The predicted octanol–water partition coefficient (Wildman–Crippen LogP) is 3.32. The van der Waals surface area contributed by atoms with Crippen LogP contribution in [0.3, 0.4) is 0 Å². The van der Waals surface area contributed by atoms with E-state index in [-0.39, 0.29) is 17.4 Å². The van der Waals surface area contributed by atoms with E-state index in [0.717, 1.165) is 12.1 Å². The molecule has 9 nitrogen and oxygen atoms in total. The number of rotatable bonds is 5. The number of hydrogen-bond acceptors (Lipinski definition) is 7. The van der Waals surface area contributed by atoms with E-state index < -0.39 is 16.4 Å². The first-order valence-electron chi connectivity index (χ1n) is 6.80. The minimum absolute atomic E-state index is 0.0616. The van der Waals surface area contributed by atoms with Gasteiger partial charge in [0.15, 0.2) is 0 Å². The highest BCUT2D eigenvalue weighted by Gasteiger charge is 2.20. The van der Waals surface area contributed by atoms with E-state index in [1.807, 2.05) is 0 Å². The molecule has 0 aliphatic carbocycles. The number of nitro benzene ring substituents is 1. The number of H-pyrrole nitrogens is 1. The van der Waals surface area contributed by atoms with E-state index in [4.69, 9.17) is 16.3 Å². The van der Waals surface area contributed by atoms with Gasteiger partial charge in [0.05, 0.1) is 40.8 Å². The number of aromatic amines is 1. The van der Waals surface area contributed by atoms with Gasteiger partial charge in [0.1, 0.15) is 5.75 Å². The second-order valence-corrected chi connectivity index (χ2v) is 5.17. The lowest BCUT2D eigenvalue weighted by Crippen LogP contribution is -2.02. The molecular formula is C14H10ClFN6O3. The van der Waals surface area contributed by atoms with Crippen LogP contribution in [0.1, 0.15) is 0 Å². The molecule has 3 aromatic rings. The number of anilines is 2. The van der Waals surface area contributed by atoms with E-state index in [9.17, 15) is 14.5 Å². The summed E-state index contributed by atoms with van der Waals surface area (Å²) in [5.41, 5.74) is 0.472. The monoisotopic (exact) mass is 364 g/mol. The smallest absolute Gasteiger partial charge is 0.307 e. The van der Waals surface area contributed by atoms with Crippen LogP contribution in [0.5, 0.6) is 5.75 Å². The molecule has 11 heteroatoms. The van der Waals surface area contributed by atoms with Crippen LogP contribution in [0.25, 0.3) is 11.3 Å². The Bertz CT molecular complexity index is 935. The van der Waals surface area contributed by atoms with Gasteiger partial charge in [0.2, 0.25) is 11.8 Å². The summed E-state index contributed by atoms with van der Waals surface area (Å²) in [6, 6.07) is 1.91. The van der Waals surface area contributed by atoms with Crippen molar-refractivity contribution in [2.75, 3.05) is 12.4 Å². The molecule has 0 atom stereocenters. The topological polar surface area (TPSA) is 119 Å². The summed E-state index contributed by atoms with van der Waals surface area (Å²) in [7, 11) is 1.31. The van der Waals surface area contributed by atoms with Crippen LogP contribution in [0, 0.1) is 15.9 Å². The second-order valence-electron chi connectivity index (χ2n) is 4.76. The van der Waals surface area contributed by atoms with Gasteiger partial charge in [0, 0.05) is 23.9 Å². The average molecular weight is 365 g/mol. The molecule has 0 fully saturated rings. The molecule has 2 heterocycles. The summed E-state index contributed by atoms with van der Waals surface area (Å²) in [6.07, 6.45) is 4.49. The molecule has 0 amide bonds. The van der Waals surface area contributed by atoms with Crippen LogP contribution < -0.4 is 10.1 Å². The minimum atomic E-state index is -1.01. The Morgan fingerprint density at radius 2 is 2.20 bits per heavy atom. The predicted molar refractivity (Wildman–Crippen MR) is 87.5 cm³/mol. The van der Waals surface area contributed by atoms with Gasteiger partial charge in [-0.15, -0.1) is 0 Å². The second kappa shape index (κ2) is 6.69. The minimum Gasteiger partial charge on any atom is -0.494 e. The molecule has 0 saturated heterocycles. The van der Waals surface area contributed by atoms with Crippen LogP contribution in [0.15, 0.2) is 30.7 Å². The number of ether oxygens (including phenoxy) is 1. The molecule has 1 aromatic carbocycles. The molecule has 2 aromatic heterocycles. The molecule has 0 radical (unpaired) electrons. The third-order valence-electron chi connectivity index (χ3n) is 3.23. The number of nitrogens with one attached hydrogen (secondary N) is 2. The van der Waals surface area contributed by atoms with Crippen LogP contribution in [-0.4, -0.2) is 32.2 Å². The Kier molecular flexibility index (Phi) is 4.44. The van der Waals surface area contributed by atoms with Gasteiger partial charge in [-0.05, 0) is 0 Å². The Labute approximate surface area is 145 Å². The summed E-state index contributed by atoms with van der Waals surface area (Å²) in [6.45, 7) is 0. The van der Waals surface area contributed by atoms with Crippen LogP contribution in [0.4, 0.5) is 21.7 Å². The lowest BCUT2D eigenvalue weighted by atomic mass is 10.2. The highest BCUT2D eigenvalue weighted by molar-refractivity contribution is 6.32. The van der Waals surface area contributed by atoms with Crippen molar-refractivity contribution in [3.63, 3.8) is 0 Å². The third-order valence-corrected chi connectivity index (χ3v) is 3.50. The highest BCUT2D eigenvalue weighted by Crippen LogP contribution is 2.34. The van der Waals surface area contributed by atoms with Crippen molar-refractivity contribution in [2.24, 2.45) is 0 Å². The molecule has 25 heavy (non-hydrogen) atoms. The van der Waals surface area contributed by atoms with Gasteiger partial charge in [-0.25, -0.2) is 9.97 Å². The zero-order valence-corrected chi connectivity index (χ0v) is 13.4. The molecule has 0 bridgehead atoms. The quantitative estimate of drug-likeness (QED) is 0.526. The lowest BCUT2D eigenvalue weighted by Gasteiger charge is -2.11. The number of benzene rings is 1. The summed E-state index contributed by atoms with van der Waals surface area (Å²) in [5.74, 6) is -0.852. The van der Waals surface area contributed by atoms with Gasteiger partial charge >= 0.3 is 5.69 Å². The number of nitrogens with zero attached hydrogens (tertiary/aromatic N) is 4. The van der Waals surface area contributed by atoms with Gasteiger partial charge in [0.25, 0.3) is 0 Å². The maximum Gasteiger partial charge on any atom is 0.307 e. The fourth-order valence-electron chi connectivity index (χ4n) is 2.08. The summed E-state index contributed by atoms with van der Waals surface area (Å²) in [4.78, 5) is 18.3. The molecule has 2 N–H and O–H groups in total. The van der Waals surface area contributed by atoms with E-state index in [1.165, 1.54) is 19.5 Å². The van der Waals surface area contributed by atoms with Crippen LogP contribution in [0.2, 0.25) is 5.02 Å². The first-order valence-corrected chi connectivity index (χ1v) is 7.18. The molecular weight excluding hydrogens is 355 g/mol. The van der Waals surface area contributed by atoms with Crippen molar-refractivity contribution in [3.8, 4) is 17.0 Å². The van der Waals surface area contributed by atoms with E-state index in [1.54, 1.807) is 6.20 Å². The fourth-order valence-corrected chi connectivity index (χ4v) is 2.28. The van der Waals surface area contributed by atoms with Crippen molar-refractivity contribution >= 4 is 28.9 Å². The Hall–Kier alpha value is -3.27. The first-order chi connectivity index (χ1) is 12.0. The first kappa shape index (κ1) is 16.6. The molecule has 0 saturated carbocycles. The normalized spacial score (nSPS) is 10.5. The van der Waals surface area contributed by atoms with E-state index in [0.29, 0.717) is 16.3 Å². The van der Waals surface area contributed by atoms with Gasteiger partial charge in [-0.3, -0.25) is 15.2 Å². The largest absolute Gasteiger partial charge is 0.494 e. The molecule has 0 aliphatic rings. The third kappa shape index (κ3) is 3.33. The highest BCUT2D eigenvalue weighted by atomic mass is 35.5. The van der Waals surface area contributed by atoms with Gasteiger partial charge in [-0.1, -0.05) is 11.6 Å². The molecule has 128 valence electrons. The molecule has 0 aliphatic heterocycles. The standard InChI is InChI=1S/C14H10ClFN6O3/c1-25-12-2-9(16)11(22(23)24)3-10(12)20-14-17-6-8(15)13(21-14)7-4-18-19-5-7/h2-6H,1H3,(H,18,19)(H,17,20,21). The van der Waals surface area contributed by atoms with E-state index in [2.05, 4.69) is 25.5 Å². The van der Waals surface area contributed by atoms with Crippen LogP contribution >= 0.6 is 11.6 Å². The molecule has 3 rings (SSSR count). The fraction of sp³-hybridized carbons (Fsp3) is 0.0714. The maximum atomic E-state index is 13.7. The zero-order chi connectivity index (χ0) is 18.0. The Morgan fingerprint density at radius 3 is 2.84 bits per heavy atom. The maximum absolute atomic E-state index is 13.7. The SMILES string of the molecule is COc1cc(F)c([N+](=O)[O-])cc1Nc1ncc(Cl)c(-c2cn[nH]c2)n1. The Balaban J connectivity index is 2.01. The number of nitro groups is 1.